The highest BCUT2D eigenvalue weighted by Crippen LogP contribution is 2.23. The van der Waals surface area contributed by atoms with Crippen LogP contribution in [0, 0.1) is 12.3 Å². The lowest BCUT2D eigenvalue weighted by Gasteiger charge is -2.34. The third kappa shape index (κ3) is 2.46. The molecule has 1 aliphatic rings. The standard InChI is InChI=1S/C12H14ClN3/c1-2-6-15-7-9-16(10-8-15)12-11(13)4-3-5-14-12/h1,3-5H,6-10H2. The van der Waals surface area contributed by atoms with E-state index in [2.05, 4.69) is 20.7 Å². The van der Waals surface area contributed by atoms with Gasteiger partial charge in [-0.05, 0) is 12.1 Å². The molecule has 4 heteroatoms. The SMILES string of the molecule is C#CCN1CCN(c2ncccc2Cl)CC1. The van der Waals surface area contributed by atoms with Gasteiger partial charge in [0.05, 0.1) is 11.6 Å². The lowest BCUT2D eigenvalue weighted by Crippen LogP contribution is -2.46. The first-order chi connectivity index (χ1) is 7.81. The molecule has 0 atom stereocenters. The van der Waals surface area contributed by atoms with Crippen LogP contribution in [-0.4, -0.2) is 42.6 Å². The summed E-state index contributed by atoms with van der Waals surface area (Å²) in [6.45, 7) is 4.52. The lowest BCUT2D eigenvalue weighted by atomic mass is 10.3. The fourth-order valence-electron chi connectivity index (χ4n) is 1.86. The molecule has 0 aromatic carbocycles. The molecule has 2 rings (SSSR count). The van der Waals surface area contributed by atoms with Crippen molar-refractivity contribution >= 4 is 17.4 Å². The maximum atomic E-state index is 6.11. The number of anilines is 1. The quantitative estimate of drug-likeness (QED) is 0.725. The molecule has 84 valence electrons. The van der Waals surface area contributed by atoms with Crippen molar-refractivity contribution in [2.45, 2.75) is 0 Å². The molecule has 1 aromatic rings. The molecular formula is C12H14ClN3. The van der Waals surface area contributed by atoms with E-state index < -0.39 is 0 Å². The van der Waals surface area contributed by atoms with Crippen molar-refractivity contribution in [2.75, 3.05) is 37.6 Å². The van der Waals surface area contributed by atoms with Crippen molar-refractivity contribution in [3.8, 4) is 12.3 Å². The van der Waals surface area contributed by atoms with Gasteiger partial charge in [-0.3, -0.25) is 4.90 Å². The summed E-state index contributed by atoms with van der Waals surface area (Å²) in [5, 5.41) is 0.716. The Morgan fingerprint density at radius 3 is 2.75 bits per heavy atom. The molecule has 0 N–H and O–H groups in total. The molecule has 2 heterocycles. The molecule has 3 nitrogen and oxygen atoms in total. The summed E-state index contributed by atoms with van der Waals surface area (Å²) in [5.41, 5.74) is 0. The second kappa shape index (κ2) is 5.20. The van der Waals surface area contributed by atoms with Gasteiger partial charge in [-0.25, -0.2) is 4.98 Å². The summed E-state index contributed by atoms with van der Waals surface area (Å²) in [6, 6.07) is 3.72. The van der Waals surface area contributed by atoms with E-state index in [0.717, 1.165) is 38.5 Å². The normalized spacial score (nSPS) is 17.1. The van der Waals surface area contributed by atoms with E-state index in [4.69, 9.17) is 18.0 Å². The minimum Gasteiger partial charge on any atom is -0.353 e. The Kier molecular flexibility index (Phi) is 3.66. The van der Waals surface area contributed by atoms with Gasteiger partial charge in [-0.2, -0.15) is 0 Å². The number of terminal acetylenes is 1. The Morgan fingerprint density at radius 2 is 2.12 bits per heavy atom. The van der Waals surface area contributed by atoms with Crippen LogP contribution in [0.2, 0.25) is 5.02 Å². The second-order valence-corrected chi connectivity index (χ2v) is 4.18. The van der Waals surface area contributed by atoms with E-state index in [1.807, 2.05) is 12.1 Å². The minimum atomic E-state index is 0.716. The van der Waals surface area contributed by atoms with Crippen molar-refractivity contribution in [3.05, 3.63) is 23.4 Å². The van der Waals surface area contributed by atoms with E-state index in [1.54, 1.807) is 6.20 Å². The van der Waals surface area contributed by atoms with E-state index in [9.17, 15) is 0 Å². The van der Waals surface area contributed by atoms with Gasteiger partial charge in [0.25, 0.3) is 0 Å². The monoisotopic (exact) mass is 235 g/mol. The Labute approximate surface area is 101 Å². The second-order valence-electron chi connectivity index (χ2n) is 3.78. The van der Waals surface area contributed by atoms with Crippen LogP contribution in [-0.2, 0) is 0 Å². The summed E-state index contributed by atoms with van der Waals surface area (Å²) in [4.78, 5) is 8.77. The summed E-state index contributed by atoms with van der Waals surface area (Å²) in [7, 11) is 0. The smallest absolute Gasteiger partial charge is 0.147 e. The van der Waals surface area contributed by atoms with E-state index >= 15 is 0 Å². The van der Waals surface area contributed by atoms with Gasteiger partial charge in [0, 0.05) is 32.4 Å². The molecule has 16 heavy (non-hydrogen) atoms. The first-order valence-corrected chi connectivity index (χ1v) is 5.70. The lowest BCUT2D eigenvalue weighted by molar-refractivity contribution is 0.287. The number of aromatic nitrogens is 1. The summed E-state index contributed by atoms with van der Waals surface area (Å²) < 4.78 is 0. The number of pyridine rings is 1. The molecule has 1 aliphatic heterocycles. The fourth-order valence-corrected chi connectivity index (χ4v) is 2.10. The first-order valence-electron chi connectivity index (χ1n) is 5.32. The molecule has 0 amide bonds. The highest BCUT2D eigenvalue weighted by Gasteiger charge is 2.18. The van der Waals surface area contributed by atoms with Crippen LogP contribution >= 0.6 is 11.6 Å². The van der Waals surface area contributed by atoms with Crippen molar-refractivity contribution in [2.24, 2.45) is 0 Å². The Morgan fingerprint density at radius 1 is 1.38 bits per heavy atom. The number of piperazine rings is 1. The molecule has 0 bridgehead atoms. The Bertz CT molecular complexity index is 391. The van der Waals surface area contributed by atoms with Crippen molar-refractivity contribution in [1.29, 1.82) is 0 Å². The Hall–Kier alpha value is -1.24. The van der Waals surface area contributed by atoms with Crippen LogP contribution in [0.25, 0.3) is 0 Å². The number of hydrogen-bond acceptors (Lipinski definition) is 3. The van der Waals surface area contributed by atoms with Gasteiger partial charge in [-0.15, -0.1) is 6.42 Å². The van der Waals surface area contributed by atoms with Gasteiger partial charge in [-0.1, -0.05) is 17.5 Å². The number of rotatable bonds is 2. The van der Waals surface area contributed by atoms with Gasteiger partial charge >= 0.3 is 0 Å². The average Bonchev–Trinajstić information content (AvgIpc) is 2.31. The zero-order valence-electron chi connectivity index (χ0n) is 9.06. The van der Waals surface area contributed by atoms with Gasteiger partial charge < -0.3 is 4.90 Å². The Balaban J connectivity index is 2.00. The van der Waals surface area contributed by atoms with Gasteiger partial charge in [0.15, 0.2) is 0 Å². The predicted octanol–water partition coefficient (Wildman–Crippen LogP) is 1.49. The minimum absolute atomic E-state index is 0.716. The highest BCUT2D eigenvalue weighted by atomic mass is 35.5. The molecule has 1 fully saturated rings. The van der Waals surface area contributed by atoms with E-state index in [1.165, 1.54) is 0 Å². The van der Waals surface area contributed by atoms with Crippen LogP contribution in [0.3, 0.4) is 0 Å². The van der Waals surface area contributed by atoms with E-state index in [0.29, 0.717) is 5.02 Å². The maximum absolute atomic E-state index is 6.11. The number of halogens is 1. The van der Waals surface area contributed by atoms with Crippen LogP contribution in [0.5, 0.6) is 0 Å². The van der Waals surface area contributed by atoms with Gasteiger partial charge in [0.2, 0.25) is 0 Å². The zero-order chi connectivity index (χ0) is 11.4. The summed E-state index contributed by atoms with van der Waals surface area (Å²) in [6.07, 6.45) is 7.06. The molecule has 0 aliphatic carbocycles. The van der Waals surface area contributed by atoms with Gasteiger partial charge in [0.1, 0.15) is 5.82 Å². The van der Waals surface area contributed by atoms with Crippen molar-refractivity contribution < 1.29 is 0 Å². The van der Waals surface area contributed by atoms with Crippen molar-refractivity contribution in [3.63, 3.8) is 0 Å². The molecule has 0 radical (unpaired) electrons. The van der Waals surface area contributed by atoms with Crippen LogP contribution < -0.4 is 4.90 Å². The zero-order valence-corrected chi connectivity index (χ0v) is 9.82. The molecule has 0 spiro atoms. The molecule has 0 saturated carbocycles. The molecule has 1 aromatic heterocycles. The van der Waals surface area contributed by atoms with Crippen LogP contribution in [0.15, 0.2) is 18.3 Å². The highest BCUT2D eigenvalue weighted by molar-refractivity contribution is 6.32. The maximum Gasteiger partial charge on any atom is 0.147 e. The largest absolute Gasteiger partial charge is 0.353 e. The molecule has 1 saturated heterocycles. The average molecular weight is 236 g/mol. The van der Waals surface area contributed by atoms with E-state index in [-0.39, 0.29) is 0 Å². The summed E-state index contributed by atoms with van der Waals surface area (Å²) >= 11 is 6.11. The van der Waals surface area contributed by atoms with Crippen molar-refractivity contribution in [1.82, 2.24) is 9.88 Å². The summed E-state index contributed by atoms with van der Waals surface area (Å²) in [5.74, 6) is 3.55. The van der Waals surface area contributed by atoms with Crippen LogP contribution in [0.4, 0.5) is 5.82 Å². The fraction of sp³-hybridized carbons (Fsp3) is 0.417. The number of nitrogens with zero attached hydrogens (tertiary/aromatic N) is 3. The molecule has 0 unspecified atom stereocenters. The van der Waals surface area contributed by atoms with Crippen LogP contribution in [0.1, 0.15) is 0 Å². The third-order valence-corrected chi connectivity index (χ3v) is 3.02. The molecular weight excluding hydrogens is 222 g/mol. The topological polar surface area (TPSA) is 19.4 Å². The third-order valence-electron chi connectivity index (χ3n) is 2.73. The first kappa shape index (κ1) is 11.3. The number of hydrogen-bond donors (Lipinski definition) is 0. The predicted molar refractivity (Wildman–Crippen MR) is 66.7 cm³/mol.